The first-order valence-electron chi connectivity index (χ1n) is 4.91. The van der Waals surface area contributed by atoms with Crippen LogP contribution in [0.1, 0.15) is 6.42 Å². The first-order chi connectivity index (χ1) is 6.69. The molecule has 0 aliphatic carbocycles. The highest BCUT2D eigenvalue weighted by Crippen LogP contribution is 2.24. The van der Waals surface area contributed by atoms with E-state index in [9.17, 15) is 10.2 Å². The molecule has 4 N–H and O–H groups in total. The summed E-state index contributed by atoms with van der Waals surface area (Å²) < 4.78 is 0. The van der Waals surface area contributed by atoms with Crippen LogP contribution in [-0.4, -0.2) is 63.1 Å². The van der Waals surface area contributed by atoms with Crippen LogP contribution in [0.2, 0.25) is 0 Å². The quantitative estimate of drug-likeness (QED) is 0.420. The summed E-state index contributed by atoms with van der Waals surface area (Å²) in [4.78, 5) is 0. The van der Waals surface area contributed by atoms with E-state index >= 15 is 0 Å². The van der Waals surface area contributed by atoms with Gasteiger partial charge < -0.3 is 20.4 Å². The zero-order chi connectivity index (χ0) is 10.6. The molecule has 14 heavy (non-hydrogen) atoms. The predicted molar refractivity (Wildman–Crippen MR) is 56.3 cm³/mol. The van der Waals surface area contributed by atoms with Gasteiger partial charge in [-0.3, -0.25) is 0 Å². The van der Waals surface area contributed by atoms with Crippen LogP contribution in [0.25, 0.3) is 0 Å². The fourth-order valence-corrected chi connectivity index (χ4v) is 4.48. The molecule has 0 aromatic rings. The molecule has 0 saturated carbocycles. The van der Waals surface area contributed by atoms with Gasteiger partial charge in [0, 0.05) is 13.0 Å². The summed E-state index contributed by atoms with van der Waals surface area (Å²) in [6.45, 7) is -0.0915. The minimum Gasteiger partial charge on any atom is -0.396 e. The van der Waals surface area contributed by atoms with E-state index in [0.717, 1.165) is 17.9 Å². The van der Waals surface area contributed by atoms with Crippen molar-refractivity contribution in [1.82, 2.24) is 0 Å². The Balaban J connectivity index is 2.35. The normalized spacial score (nSPS) is 34.7. The van der Waals surface area contributed by atoms with Crippen LogP contribution in [0.5, 0.6) is 0 Å². The lowest BCUT2D eigenvalue weighted by atomic mass is 10.0. The van der Waals surface area contributed by atoms with E-state index in [1.165, 1.54) is 0 Å². The Labute approximate surface area is 86.9 Å². The Morgan fingerprint density at radius 1 is 1.29 bits per heavy atom. The second-order valence-corrected chi connectivity index (χ2v) is 6.01. The molecule has 1 aliphatic rings. The van der Waals surface area contributed by atoms with Crippen molar-refractivity contribution in [3.05, 3.63) is 0 Å². The molecule has 0 aromatic carbocycles. The topological polar surface area (TPSA) is 80.9 Å². The number of hydrogen-bond acceptors (Lipinski definition) is 4. The zero-order valence-electron chi connectivity index (χ0n) is 8.17. The van der Waals surface area contributed by atoms with Crippen molar-refractivity contribution in [2.24, 2.45) is 5.92 Å². The van der Waals surface area contributed by atoms with E-state index < -0.39 is 12.2 Å². The average molecular weight is 223 g/mol. The molecule has 0 aromatic heterocycles. The Morgan fingerprint density at radius 3 is 2.57 bits per heavy atom. The van der Waals surface area contributed by atoms with Crippen LogP contribution in [0, 0.1) is 5.92 Å². The third-order valence-electron chi connectivity index (χ3n) is 2.60. The Hall–Kier alpha value is 0.190. The lowest BCUT2D eigenvalue weighted by Gasteiger charge is -2.14. The van der Waals surface area contributed by atoms with Gasteiger partial charge in [0.15, 0.2) is 0 Å². The van der Waals surface area contributed by atoms with Crippen LogP contribution < -0.4 is 0 Å². The third kappa shape index (κ3) is 3.10. The maximum absolute atomic E-state index is 9.63. The smallest absolute Gasteiger partial charge is 0.134 e. The minimum atomic E-state index is -0.795. The molecule has 1 heterocycles. The lowest BCUT2D eigenvalue weighted by Crippen LogP contribution is -2.32. The van der Waals surface area contributed by atoms with Gasteiger partial charge in [0.05, 0.1) is 18.6 Å². The maximum atomic E-state index is 9.63. The van der Waals surface area contributed by atoms with Crippen molar-refractivity contribution < 1.29 is 20.4 Å². The largest absolute Gasteiger partial charge is 0.396 e. The van der Waals surface area contributed by atoms with Crippen molar-refractivity contribution in [2.45, 2.75) is 18.6 Å². The summed E-state index contributed by atoms with van der Waals surface area (Å²) in [5.74, 6) is 2.23. The van der Waals surface area contributed by atoms with E-state index in [1.54, 1.807) is 0 Å². The summed E-state index contributed by atoms with van der Waals surface area (Å²) in [7, 11) is 0.109. The lowest BCUT2D eigenvalue weighted by molar-refractivity contribution is 0.00718. The molecule has 84 valence electrons. The zero-order valence-corrected chi connectivity index (χ0v) is 8.99. The molecule has 4 nitrogen and oxygen atoms in total. The number of rotatable bonds is 5. The fourth-order valence-electron chi connectivity index (χ4n) is 1.75. The molecule has 1 aliphatic heterocycles. The molecule has 0 bridgehead atoms. The number of aliphatic hydroxyl groups excluding tert-OH is 4. The first-order valence-corrected chi connectivity index (χ1v) is 6.64. The molecule has 1 saturated heterocycles. The van der Waals surface area contributed by atoms with E-state index in [1.807, 2.05) is 0 Å². The van der Waals surface area contributed by atoms with Crippen LogP contribution in [0.4, 0.5) is 0 Å². The molecule has 0 amide bonds. The Bertz CT molecular complexity index is 167. The second kappa shape index (κ2) is 5.92. The van der Waals surface area contributed by atoms with Crippen molar-refractivity contribution >= 4 is 10.9 Å². The van der Waals surface area contributed by atoms with Gasteiger partial charge in [-0.2, -0.15) is 0 Å². The molecule has 1 unspecified atom stereocenters. The summed E-state index contributed by atoms with van der Waals surface area (Å²) in [6, 6.07) is 0. The van der Waals surface area contributed by atoms with Crippen LogP contribution >= 0.6 is 0 Å². The minimum absolute atomic E-state index is 0.109. The summed E-state index contributed by atoms with van der Waals surface area (Å²) in [5, 5.41) is 36.5. The molecular weight excluding hydrogens is 204 g/mol. The van der Waals surface area contributed by atoms with Gasteiger partial charge >= 0.3 is 0 Å². The Kier molecular flexibility index (Phi) is 5.19. The highest BCUT2D eigenvalue weighted by molar-refractivity contribution is 7.97. The maximum Gasteiger partial charge on any atom is 0.134 e. The van der Waals surface area contributed by atoms with Gasteiger partial charge in [0.1, 0.15) is 23.4 Å². The predicted octanol–water partition coefficient (Wildman–Crippen LogP) is -1.67. The molecule has 4 atom stereocenters. The molecule has 5 heteroatoms. The monoisotopic (exact) mass is 223 g/mol. The molecular formula is C9H19O4S+. The van der Waals surface area contributed by atoms with Crippen molar-refractivity contribution in [1.29, 1.82) is 0 Å². The molecule has 1 rings (SSSR count). The van der Waals surface area contributed by atoms with Gasteiger partial charge in [0.2, 0.25) is 0 Å². The van der Waals surface area contributed by atoms with E-state index in [-0.39, 0.29) is 30.0 Å². The second-order valence-electron chi connectivity index (χ2n) is 3.71. The first kappa shape index (κ1) is 12.3. The van der Waals surface area contributed by atoms with E-state index in [0.29, 0.717) is 5.75 Å². The van der Waals surface area contributed by atoms with E-state index in [2.05, 4.69) is 0 Å². The number of hydrogen-bond donors (Lipinski definition) is 4. The number of aliphatic hydroxyl groups is 4. The third-order valence-corrected chi connectivity index (χ3v) is 5.14. The van der Waals surface area contributed by atoms with Gasteiger partial charge in [0.25, 0.3) is 0 Å². The van der Waals surface area contributed by atoms with Crippen LogP contribution in [0.3, 0.4) is 0 Å². The van der Waals surface area contributed by atoms with Gasteiger partial charge in [-0.15, -0.1) is 0 Å². The highest BCUT2D eigenvalue weighted by atomic mass is 32.2. The van der Waals surface area contributed by atoms with Crippen LogP contribution in [-0.2, 0) is 10.9 Å². The average Bonchev–Trinajstić information content (AvgIpc) is 2.55. The highest BCUT2D eigenvalue weighted by Gasteiger charge is 2.43. The van der Waals surface area contributed by atoms with E-state index in [4.69, 9.17) is 10.2 Å². The Morgan fingerprint density at radius 2 is 2.00 bits per heavy atom. The van der Waals surface area contributed by atoms with Crippen molar-refractivity contribution in [3.63, 3.8) is 0 Å². The van der Waals surface area contributed by atoms with Gasteiger partial charge in [-0.1, -0.05) is 0 Å². The molecule has 0 radical (unpaired) electrons. The molecule has 0 spiro atoms. The fraction of sp³-hybridized carbons (Fsp3) is 1.00. The summed E-state index contributed by atoms with van der Waals surface area (Å²) >= 11 is 0. The van der Waals surface area contributed by atoms with Crippen molar-refractivity contribution in [3.8, 4) is 0 Å². The van der Waals surface area contributed by atoms with Crippen molar-refractivity contribution in [2.75, 3.05) is 30.5 Å². The standard InChI is InChI=1S/C9H19O4S/c10-2-1-3-14-5-7(8(12)4-11)9(13)6-14/h7-13H,1-6H2/q+1/t7-,8-,9-,14?/m1/s1. The van der Waals surface area contributed by atoms with Gasteiger partial charge in [-0.05, 0) is 10.9 Å². The summed E-state index contributed by atoms with van der Waals surface area (Å²) in [5.41, 5.74) is 0. The van der Waals surface area contributed by atoms with Crippen LogP contribution in [0.15, 0.2) is 0 Å². The van der Waals surface area contributed by atoms with Gasteiger partial charge in [-0.25, -0.2) is 0 Å². The molecule has 1 fully saturated rings. The summed E-state index contributed by atoms with van der Waals surface area (Å²) in [6.07, 6.45) is -0.520. The SMILES string of the molecule is OCCC[S+]1C[C@H]([C@H](O)CO)[C@H](O)C1.